The van der Waals surface area contributed by atoms with E-state index in [1.54, 1.807) is 6.08 Å². The lowest BCUT2D eigenvalue weighted by atomic mass is 9.99. The van der Waals surface area contributed by atoms with Crippen molar-refractivity contribution >= 4 is 5.91 Å². The zero-order valence-electron chi connectivity index (χ0n) is 52.9. The summed E-state index contributed by atoms with van der Waals surface area (Å²) in [4.78, 5) is 13.1. The standard InChI is InChI=1S/C74H125NO8/c1-3-5-7-9-11-13-15-17-19-21-23-25-27-29-31-32-33-34-35-36-38-40-42-44-46-48-50-52-54-56-58-60-62-64-70(78)75-67(66-82-74-73(81)72(80)71(79)69(65-76)83-74)68(77)63-61-59-57-55-53-51-49-47-45-43-41-39-37-30-28-26-24-22-20-18-16-14-12-10-8-6-4-2/h5,7,11,13,17,19,23,25,29,31,33-34,36,38,42,44-45,47,53,55,61,63,67-69,71-74,76-77,79-81H,3-4,6,8-10,12,14-16,18,20-22,24,26-28,30,32,35,37,39-41,43,46,48-52,54,56-60,62,64-66H2,1-2H3,(H,75,78)/b7-5-,13-11-,19-17-,25-23-,31-29-,34-33-,38-36-,44-42-,47-45+,55-53+,63-61+. The number of aliphatic hydroxyl groups excluding tert-OH is 5. The molecule has 6 N–H and O–H groups in total. The number of nitrogens with one attached hydrogen (secondary N) is 1. The van der Waals surface area contributed by atoms with Crippen LogP contribution in [0, 0.1) is 0 Å². The van der Waals surface area contributed by atoms with Gasteiger partial charge in [-0.05, 0) is 109 Å². The van der Waals surface area contributed by atoms with E-state index in [0.29, 0.717) is 6.42 Å². The average molecular weight is 1160 g/mol. The molecule has 0 aliphatic carbocycles. The number of hydrogen-bond acceptors (Lipinski definition) is 8. The molecule has 1 amide bonds. The van der Waals surface area contributed by atoms with Gasteiger partial charge < -0.3 is 40.3 Å². The fraction of sp³-hybridized carbons (Fsp3) is 0.689. The highest BCUT2D eigenvalue weighted by Gasteiger charge is 2.44. The first kappa shape index (κ1) is 77.3. The third-order valence-corrected chi connectivity index (χ3v) is 15.2. The van der Waals surface area contributed by atoms with Crippen LogP contribution in [0.5, 0.6) is 0 Å². The van der Waals surface area contributed by atoms with E-state index in [9.17, 15) is 30.3 Å². The third-order valence-electron chi connectivity index (χ3n) is 15.2. The van der Waals surface area contributed by atoms with Crippen molar-refractivity contribution in [1.82, 2.24) is 5.32 Å². The highest BCUT2D eigenvalue weighted by molar-refractivity contribution is 5.76. The molecule has 0 saturated carbocycles. The van der Waals surface area contributed by atoms with Gasteiger partial charge in [-0.15, -0.1) is 0 Å². The van der Waals surface area contributed by atoms with Gasteiger partial charge in [0.2, 0.25) is 5.91 Å². The minimum absolute atomic E-state index is 0.203. The van der Waals surface area contributed by atoms with Gasteiger partial charge in [-0.25, -0.2) is 0 Å². The summed E-state index contributed by atoms with van der Waals surface area (Å²) in [5, 5.41) is 54.7. The molecule has 0 aromatic heterocycles. The molecular formula is C74H125NO8. The van der Waals surface area contributed by atoms with E-state index in [4.69, 9.17) is 9.47 Å². The molecule has 7 unspecified atom stereocenters. The maximum Gasteiger partial charge on any atom is 0.220 e. The van der Waals surface area contributed by atoms with Gasteiger partial charge in [0.15, 0.2) is 6.29 Å². The lowest BCUT2D eigenvalue weighted by Crippen LogP contribution is -2.60. The van der Waals surface area contributed by atoms with Crippen molar-refractivity contribution in [2.45, 2.75) is 314 Å². The summed E-state index contributed by atoms with van der Waals surface area (Å²) in [7, 11) is 0. The lowest BCUT2D eigenvalue weighted by Gasteiger charge is -2.40. The molecule has 474 valence electrons. The molecule has 0 spiro atoms. The van der Waals surface area contributed by atoms with Gasteiger partial charge in [-0.3, -0.25) is 4.79 Å². The van der Waals surface area contributed by atoms with Gasteiger partial charge in [0.25, 0.3) is 0 Å². The Balaban J connectivity index is 2.22. The molecule has 0 aromatic carbocycles. The topological polar surface area (TPSA) is 149 Å². The van der Waals surface area contributed by atoms with E-state index in [-0.39, 0.29) is 12.5 Å². The number of hydrogen-bond donors (Lipinski definition) is 6. The van der Waals surface area contributed by atoms with Crippen LogP contribution in [-0.4, -0.2) is 87.5 Å². The third kappa shape index (κ3) is 50.2. The van der Waals surface area contributed by atoms with Crippen molar-refractivity contribution in [3.05, 3.63) is 134 Å². The summed E-state index contributed by atoms with van der Waals surface area (Å²) in [6.45, 7) is 3.65. The second kappa shape index (κ2) is 61.4. The Labute approximate surface area is 509 Å². The molecule has 83 heavy (non-hydrogen) atoms. The van der Waals surface area contributed by atoms with E-state index in [1.165, 1.54) is 135 Å². The minimum Gasteiger partial charge on any atom is -0.394 e. The summed E-state index contributed by atoms with van der Waals surface area (Å²) in [6.07, 6.45) is 86.8. The molecule has 0 aromatic rings. The maximum atomic E-state index is 13.1. The zero-order valence-corrected chi connectivity index (χ0v) is 52.9. The molecule has 9 nitrogen and oxygen atoms in total. The van der Waals surface area contributed by atoms with E-state index in [0.717, 1.165) is 116 Å². The number of ether oxygens (including phenoxy) is 2. The highest BCUT2D eigenvalue weighted by Crippen LogP contribution is 2.23. The van der Waals surface area contributed by atoms with Crippen LogP contribution in [-0.2, 0) is 14.3 Å². The molecule has 9 heteroatoms. The van der Waals surface area contributed by atoms with Gasteiger partial charge in [-0.1, -0.05) is 289 Å². The largest absolute Gasteiger partial charge is 0.394 e. The number of carbonyl (C=O) groups excluding carboxylic acids is 1. The van der Waals surface area contributed by atoms with E-state index in [1.807, 2.05) is 6.08 Å². The Hall–Kier alpha value is -3.67. The Morgan fingerprint density at radius 1 is 0.422 bits per heavy atom. The van der Waals surface area contributed by atoms with Crippen molar-refractivity contribution in [2.75, 3.05) is 13.2 Å². The zero-order chi connectivity index (χ0) is 60.0. The summed E-state index contributed by atoms with van der Waals surface area (Å²) in [5.74, 6) is -0.203. The number of allylic oxidation sites excluding steroid dienone is 21. The summed E-state index contributed by atoms with van der Waals surface area (Å²) < 4.78 is 11.3. The van der Waals surface area contributed by atoms with Crippen molar-refractivity contribution in [2.24, 2.45) is 0 Å². The fourth-order valence-corrected chi connectivity index (χ4v) is 9.91. The Morgan fingerprint density at radius 2 is 0.759 bits per heavy atom. The number of rotatable bonds is 57. The molecule has 0 radical (unpaired) electrons. The Kier molecular flexibility index (Phi) is 57.2. The van der Waals surface area contributed by atoms with Crippen LogP contribution in [0.25, 0.3) is 0 Å². The van der Waals surface area contributed by atoms with E-state index >= 15 is 0 Å². The van der Waals surface area contributed by atoms with Crippen LogP contribution < -0.4 is 5.32 Å². The molecule has 7 atom stereocenters. The average Bonchev–Trinajstić information content (AvgIpc) is 3.61. The first-order valence-corrected chi connectivity index (χ1v) is 33.9. The van der Waals surface area contributed by atoms with Crippen LogP contribution in [0.4, 0.5) is 0 Å². The Bertz CT molecular complexity index is 1770. The summed E-state index contributed by atoms with van der Waals surface area (Å²) in [6, 6.07) is -0.845. The van der Waals surface area contributed by atoms with Gasteiger partial charge in [0.05, 0.1) is 25.4 Å². The Morgan fingerprint density at radius 3 is 1.16 bits per heavy atom. The van der Waals surface area contributed by atoms with Gasteiger partial charge in [0, 0.05) is 6.42 Å². The molecule has 1 aliphatic heterocycles. The SMILES string of the molecule is CC/C=C\C/C=C\C/C=C\C/C=C\C/C=C\C/C=C\C/C=C\C/C=C\CCCCCCCCCCC(=O)NC(COC1OC(CO)C(O)C(O)C1O)C(O)/C=C/CC/C=C/CC/C=C/CCCCCCCCCCCCCCCCCCC. The first-order valence-electron chi connectivity index (χ1n) is 33.9. The van der Waals surface area contributed by atoms with E-state index < -0.39 is 49.5 Å². The quantitative estimate of drug-likeness (QED) is 0.0261. The van der Waals surface area contributed by atoms with Gasteiger partial charge in [0.1, 0.15) is 24.4 Å². The summed E-state index contributed by atoms with van der Waals surface area (Å²) in [5.41, 5.74) is 0. The molecule has 1 heterocycles. The summed E-state index contributed by atoms with van der Waals surface area (Å²) >= 11 is 0. The normalized spacial score (nSPS) is 19.1. The second-order valence-electron chi connectivity index (χ2n) is 22.9. The number of unbranched alkanes of at least 4 members (excludes halogenated alkanes) is 27. The molecule has 0 bridgehead atoms. The smallest absolute Gasteiger partial charge is 0.220 e. The number of carbonyl (C=O) groups is 1. The van der Waals surface area contributed by atoms with Crippen molar-refractivity contribution in [1.29, 1.82) is 0 Å². The number of aliphatic hydroxyl groups is 5. The van der Waals surface area contributed by atoms with E-state index in [2.05, 4.69) is 141 Å². The molecule has 1 rings (SSSR count). The van der Waals surface area contributed by atoms with Crippen molar-refractivity contribution < 1.29 is 39.8 Å². The predicted octanol–water partition coefficient (Wildman–Crippen LogP) is 18.4. The maximum absolute atomic E-state index is 13.1. The van der Waals surface area contributed by atoms with Gasteiger partial charge >= 0.3 is 0 Å². The number of amides is 1. The van der Waals surface area contributed by atoms with Gasteiger partial charge in [-0.2, -0.15) is 0 Å². The monoisotopic (exact) mass is 1160 g/mol. The van der Waals surface area contributed by atoms with Crippen molar-refractivity contribution in [3.8, 4) is 0 Å². The second-order valence-corrected chi connectivity index (χ2v) is 22.9. The molecule has 1 saturated heterocycles. The van der Waals surface area contributed by atoms with Crippen LogP contribution in [0.15, 0.2) is 134 Å². The highest BCUT2D eigenvalue weighted by atomic mass is 16.7. The van der Waals surface area contributed by atoms with Crippen molar-refractivity contribution in [3.63, 3.8) is 0 Å². The van der Waals surface area contributed by atoms with Crippen LogP contribution in [0.3, 0.4) is 0 Å². The van der Waals surface area contributed by atoms with Crippen LogP contribution in [0.1, 0.15) is 271 Å². The van der Waals surface area contributed by atoms with Crippen LogP contribution >= 0.6 is 0 Å². The van der Waals surface area contributed by atoms with Crippen LogP contribution in [0.2, 0.25) is 0 Å². The molecular weight excluding hydrogens is 1030 g/mol. The lowest BCUT2D eigenvalue weighted by molar-refractivity contribution is -0.302. The predicted molar refractivity (Wildman–Crippen MR) is 354 cm³/mol. The first-order chi connectivity index (χ1) is 40.8. The minimum atomic E-state index is -1.59. The molecule has 1 fully saturated rings. The fourth-order valence-electron chi connectivity index (χ4n) is 9.91. The molecule has 1 aliphatic rings.